The first kappa shape index (κ1) is 15.5. The van der Waals surface area contributed by atoms with Gasteiger partial charge in [0.25, 0.3) is 0 Å². The minimum absolute atomic E-state index is 0.0360. The number of benzene rings is 1. The fourth-order valence-electron chi connectivity index (χ4n) is 2.04. The van der Waals surface area contributed by atoms with Gasteiger partial charge in [-0.25, -0.2) is 24.3 Å². The lowest BCUT2D eigenvalue weighted by Crippen LogP contribution is -2.13. The van der Waals surface area contributed by atoms with Gasteiger partial charge in [0, 0.05) is 16.8 Å². The van der Waals surface area contributed by atoms with E-state index in [4.69, 9.17) is 11.6 Å². The standard InChI is InChI=1S/C14H7ClF4N4/c15-7-1-2-9(10(16)3-7)11-12-13(22-6-21-11)23-8(5-20-12)4-14(17,18)19/h1-3,5-6H,4H2. The van der Waals surface area contributed by atoms with Crippen LogP contribution in [0.3, 0.4) is 0 Å². The van der Waals surface area contributed by atoms with Crippen molar-refractivity contribution >= 4 is 22.8 Å². The van der Waals surface area contributed by atoms with E-state index in [-0.39, 0.29) is 33.1 Å². The quantitative estimate of drug-likeness (QED) is 0.661. The molecule has 9 heteroatoms. The summed E-state index contributed by atoms with van der Waals surface area (Å²) in [6.07, 6.45) is -3.54. The van der Waals surface area contributed by atoms with Crippen molar-refractivity contribution in [3.05, 3.63) is 47.3 Å². The summed E-state index contributed by atoms with van der Waals surface area (Å²) in [5.41, 5.74) is 0.0480. The van der Waals surface area contributed by atoms with Gasteiger partial charge in [0.15, 0.2) is 5.65 Å². The molecule has 3 aromatic rings. The number of halogens is 5. The number of fused-ring (bicyclic) bond motifs is 1. The normalized spacial score (nSPS) is 11.9. The first-order valence-corrected chi connectivity index (χ1v) is 6.70. The third-order valence-corrected chi connectivity index (χ3v) is 3.20. The Morgan fingerprint density at radius 3 is 2.57 bits per heavy atom. The molecule has 118 valence electrons. The largest absolute Gasteiger partial charge is 0.394 e. The van der Waals surface area contributed by atoms with Gasteiger partial charge in [-0.1, -0.05) is 11.6 Å². The maximum absolute atomic E-state index is 14.0. The van der Waals surface area contributed by atoms with Crippen LogP contribution in [0.1, 0.15) is 5.69 Å². The zero-order valence-corrected chi connectivity index (χ0v) is 12.0. The highest BCUT2D eigenvalue weighted by Gasteiger charge is 2.29. The Balaban J connectivity index is 2.12. The van der Waals surface area contributed by atoms with Crippen LogP contribution in [0.2, 0.25) is 5.02 Å². The van der Waals surface area contributed by atoms with Gasteiger partial charge >= 0.3 is 6.18 Å². The number of alkyl halides is 3. The summed E-state index contributed by atoms with van der Waals surface area (Å²) in [7, 11) is 0. The number of nitrogens with zero attached hydrogens (tertiary/aromatic N) is 4. The third-order valence-electron chi connectivity index (χ3n) is 2.96. The second-order valence-corrected chi connectivity index (χ2v) is 5.11. The van der Waals surface area contributed by atoms with E-state index in [0.717, 1.165) is 18.6 Å². The van der Waals surface area contributed by atoms with Gasteiger partial charge in [-0.2, -0.15) is 13.2 Å². The molecular formula is C14H7ClF4N4. The highest BCUT2D eigenvalue weighted by atomic mass is 35.5. The predicted octanol–water partition coefficient (Wildman–Crippen LogP) is 3.98. The van der Waals surface area contributed by atoms with E-state index in [9.17, 15) is 17.6 Å². The highest BCUT2D eigenvalue weighted by molar-refractivity contribution is 6.30. The maximum atomic E-state index is 14.0. The van der Waals surface area contributed by atoms with Crippen LogP contribution in [-0.4, -0.2) is 26.1 Å². The maximum Gasteiger partial charge on any atom is 0.394 e. The summed E-state index contributed by atoms with van der Waals surface area (Å²) in [6.45, 7) is 0. The molecule has 0 spiro atoms. The number of hydrogen-bond donors (Lipinski definition) is 0. The van der Waals surface area contributed by atoms with E-state index in [1.54, 1.807) is 0 Å². The summed E-state index contributed by atoms with van der Waals surface area (Å²) >= 11 is 5.70. The molecule has 0 N–H and O–H groups in total. The molecule has 0 radical (unpaired) electrons. The molecule has 0 unspecified atom stereocenters. The van der Waals surface area contributed by atoms with Crippen molar-refractivity contribution in [2.24, 2.45) is 0 Å². The highest BCUT2D eigenvalue weighted by Crippen LogP contribution is 2.28. The molecule has 3 rings (SSSR count). The molecule has 23 heavy (non-hydrogen) atoms. The van der Waals surface area contributed by atoms with Crippen LogP contribution >= 0.6 is 11.6 Å². The van der Waals surface area contributed by atoms with Crippen molar-refractivity contribution in [3.63, 3.8) is 0 Å². The van der Waals surface area contributed by atoms with Crippen LogP contribution in [0.15, 0.2) is 30.7 Å². The Hall–Kier alpha value is -2.35. The molecule has 0 fully saturated rings. The van der Waals surface area contributed by atoms with Crippen LogP contribution in [0.25, 0.3) is 22.4 Å². The van der Waals surface area contributed by atoms with Gasteiger partial charge in [-0.05, 0) is 18.2 Å². The Morgan fingerprint density at radius 1 is 1.09 bits per heavy atom. The van der Waals surface area contributed by atoms with Crippen molar-refractivity contribution in [2.75, 3.05) is 0 Å². The first-order chi connectivity index (χ1) is 10.8. The average Bonchev–Trinajstić information content (AvgIpc) is 2.45. The lowest BCUT2D eigenvalue weighted by Gasteiger charge is -2.08. The van der Waals surface area contributed by atoms with Gasteiger partial charge in [-0.15, -0.1) is 0 Å². The average molecular weight is 343 g/mol. The lowest BCUT2D eigenvalue weighted by molar-refractivity contribution is -0.127. The van der Waals surface area contributed by atoms with Gasteiger partial charge in [0.2, 0.25) is 0 Å². The molecule has 0 aliphatic carbocycles. The summed E-state index contributed by atoms with van der Waals surface area (Å²) in [5, 5.41) is 0.211. The fraction of sp³-hybridized carbons (Fsp3) is 0.143. The Bertz CT molecular complexity index is 882. The Morgan fingerprint density at radius 2 is 1.87 bits per heavy atom. The van der Waals surface area contributed by atoms with Crippen LogP contribution < -0.4 is 0 Å². The van der Waals surface area contributed by atoms with Gasteiger partial charge in [0.1, 0.15) is 23.4 Å². The molecule has 2 aromatic heterocycles. The molecular weight excluding hydrogens is 336 g/mol. The zero-order chi connectivity index (χ0) is 16.6. The topological polar surface area (TPSA) is 51.6 Å². The minimum atomic E-state index is -4.40. The fourth-order valence-corrected chi connectivity index (χ4v) is 2.20. The van der Waals surface area contributed by atoms with Gasteiger partial charge < -0.3 is 0 Å². The summed E-state index contributed by atoms with van der Waals surface area (Å²) in [5.74, 6) is -0.626. The molecule has 0 aliphatic rings. The molecule has 1 aromatic carbocycles. The summed E-state index contributed by atoms with van der Waals surface area (Å²) in [6, 6.07) is 3.99. The zero-order valence-electron chi connectivity index (χ0n) is 11.3. The van der Waals surface area contributed by atoms with Crippen LogP contribution in [0, 0.1) is 5.82 Å². The summed E-state index contributed by atoms with van der Waals surface area (Å²) in [4.78, 5) is 15.5. The molecule has 4 nitrogen and oxygen atoms in total. The first-order valence-electron chi connectivity index (χ1n) is 6.32. The monoisotopic (exact) mass is 342 g/mol. The Labute approximate surface area is 132 Å². The molecule has 0 bridgehead atoms. The molecule has 2 heterocycles. The van der Waals surface area contributed by atoms with E-state index < -0.39 is 18.4 Å². The minimum Gasteiger partial charge on any atom is -0.249 e. The van der Waals surface area contributed by atoms with E-state index in [1.165, 1.54) is 12.1 Å². The van der Waals surface area contributed by atoms with Crippen molar-refractivity contribution < 1.29 is 17.6 Å². The molecule has 0 amide bonds. The molecule has 0 atom stereocenters. The van der Waals surface area contributed by atoms with Crippen molar-refractivity contribution in [1.29, 1.82) is 0 Å². The number of rotatable bonds is 2. The van der Waals surface area contributed by atoms with E-state index in [2.05, 4.69) is 19.9 Å². The van der Waals surface area contributed by atoms with Crippen LogP contribution in [-0.2, 0) is 6.42 Å². The number of hydrogen-bond acceptors (Lipinski definition) is 4. The van der Waals surface area contributed by atoms with E-state index in [0.29, 0.717) is 0 Å². The molecule has 0 aliphatic heterocycles. The second-order valence-electron chi connectivity index (χ2n) is 4.67. The number of aromatic nitrogens is 4. The SMILES string of the molecule is Fc1cc(Cl)ccc1-c1ncnc2nc(CC(F)(F)F)cnc12. The third kappa shape index (κ3) is 3.37. The van der Waals surface area contributed by atoms with Gasteiger partial charge in [-0.3, -0.25) is 0 Å². The predicted molar refractivity (Wildman–Crippen MR) is 75.3 cm³/mol. The molecule has 0 saturated carbocycles. The second kappa shape index (κ2) is 5.69. The van der Waals surface area contributed by atoms with Crippen molar-refractivity contribution in [2.45, 2.75) is 12.6 Å². The van der Waals surface area contributed by atoms with Crippen LogP contribution in [0.4, 0.5) is 17.6 Å². The van der Waals surface area contributed by atoms with E-state index >= 15 is 0 Å². The lowest BCUT2D eigenvalue weighted by atomic mass is 10.1. The van der Waals surface area contributed by atoms with Gasteiger partial charge in [0.05, 0.1) is 12.1 Å². The smallest absolute Gasteiger partial charge is 0.249 e. The molecule has 0 saturated heterocycles. The van der Waals surface area contributed by atoms with Crippen molar-refractivity contribution in [1.82, 2.24) is 19.9 Å². The summed E-state index contributed by atoms with van der Waals surface area (Å²) < 4.78 is 51.3. The van der Waals surface area contributed by atoms with Crippen molar-refractivity contribution in [3.8, 4) is 11.3 Å². The van der Waals surface area contributed by atoms with Crippen LogP contribution in [0.5, 0.6) is 0 Å². The Kier molecular flexibility index (Phi) is 3.85. The van der Waals surface area contributed by atoms with E-state index in [1.807, 2.05) is 0 Å².